The number of amides is 1. The van der Waals surface area contributed by atoms with Crippen LogP contribution in [-0.4, -0.2) is 76.1 Å². The van der Waals surface area contributed by atoms with Crippen LogP contribution in [-0.2, 0) is 20.0 Å². The van der Waals surface area contributed by atoms with Crippen molar-refractivity contribution in [2.24, 2.45) is 7.05 Å². The van der Waals surface area contributed by atoms with E-state index < -0.39 is 0 Å². The summed E-state index contributed by atoms with van der Waals surface area (Å²) in [5.74, 6) is 2.61. The van der Waals surface area contributed by atoms with E-state index in [1.165, 1.54) is 11.1 Å². The molecule has 4 heterocycles. The van der Waals surface area contributed by atoms with E-state index in [1.54, 1.807) is 6.07 Å². The van der Waals surface area contributed by atoms with Gasteiger partial charge in [-0.25, -0.2) is 9.97 Å². The highest BCUT2D eigenvalue weighted by atomic mass is 16.5. The molecule has 0 spiro atoms. The second kappa shape index (κ2) is 10.8. The fraction of sp³-hybridized carbons (Fsp3) is 0.321. The number of para-hydroxylation sites is 2. The van der Waals surface area contributed by atoms with Crippen molar-refractivity contribution in [2.45, 2.75) is 32.7 Å². The molecule has 0 saturated carbocycles. The van der Waals surface area contributed by atoms with Gasteiger partial charge >= 0.3 is 0 Å². The number of nitrogens with one attached hydrogen (secondary N) is 3. The van der Waals surface area contributed by atoms with Gasteiger partial charge in [0.2, 0.25) is 0 Å². The molecule has 0 bridgehead atoms. The van der Waals surface area contributed by atoms with E-state index in [0.717, 1.165) is 47.0 Å². The van der Waals surface area contributed by atoms with Crippen LogP contribution in [0.5, 0.6) is 5.75 Å². The number of aryl methyl sites for hydroxylation is 1. The number of imidazole rings is 2. The van der Waals surface area contributed by atoms with Crippen molar-refractivity contribution in [1.82, 2.24) is 49.9 Å². The highest BCUT2D eigenvalue weighted by molar-refractivity contribution is 5.97. The lowest BCUT2D eigenvalue weighted by molar-refractivity contribution is 0.0947. The molecule has 41 heavy (non-hydrogen) atoms. The van der Waals surface area contributed by atoms with Crippen molar-refractivity contribution in [3.63, 3.8) is 0 Å². The zero-order valence-corrected chi connectivity index (χ0v) is 23.1. The molecule has 210 valence electrons. The molecule has 1 aliphatic heterocycles. The van der Waals surface area contributed by atoms with Gasteiger partial charge in [0, 0.05) is 31.3 Å². The second-order valence-electron chi connectivity index (χ2n) is 10.1. The van der Waals surface area contributed by atoms with Gasteiger partial charge in [0.1, 0.15) is 29.7 Å². The standard InChI is InChI=1S/C28H31N11O2/c1-17(26-33-20-10-12-38(18(2)29)15-22(20)34-26)27-35-21-9-8-19(14-24(21)37(27)3)28(40)30-11-13-41-25-7-5-4-6-23(25)39-32-16-31-36-39/h4-9,14,16-17,29H,10-13,15H2,1-3H3,(H,30,40)(H,33,34). The predicted octanol–water partition coefficient (Wildman–Crippen LogP) is 2.59. The smallest absolute Gasteiger partial charge is 0.251 e. The number of tetrazole rings is 1. The number of aromatic amines is 1. The van der Waals surface area contributed by atoms with E-state index in [0.29, 0.717) is 35.9 Å². The molecule has 0 saturated heterocycles. The van der Waals surface area contributed by atoms with Crippen LogP contribution < -0.4 is 10.1 Å². The molecular weight excluding hydrogens is 522 g/mol. The summed E-state index contributed by atoms with van der Waals surface area (Å²) in [4.78, 5) is 29.6. The average molecular weight is 554 g/mol. The second-order valence-corrected chi connectivity index (χ2v) is 10.1. The Hall–Kier alpha value is -5.07. The monoisotopic (exact) mass is 553 g/mol. The summed E-state index contributed by atoms with van der Waals surface area (Å²) < 4.78 is 7.89. The number of hydrogen-bond acceptors (Lipinski definition) is 8. The summed E-state index contributed by atoms with van der Waals surface area (Å²) >= 11 is 0. The molecule has 1 unspecified atom stereocenters. The van der Waals surface area contributed by atoms with Gasteiger partial charge in [-0.1, -0.05) is 12.1 Å². The number of ether oxygens (including phenoxy) is 1. The maximum atomic E-state index is 13.0. The molecule has 0 fully saturated rings. The molecule has 1 atom stereocenters. The van der Waals surface area contributed by atoms with Crippen LogP contribution in [0.4, 0.5) is 0 Å². The van der Waals surface area contributed by atoms with Crippen molar-refractivity contribution in [3.8, 4) is 11.4 Å². The Morgan fingerprint density at radius 2 is 2.07 bits per heavy atom. The minimum Gasteiger partial charge on any atom is -0.489 e. The summed E-state index contributed by atoms with van der Waals surface area (Å²) in [6.45, 7) is 5.94. The third kappa shape index (κ3) is 5.13. The molecule has 0 radical (unpaired) electrons. The fourth-order valence-electron chi connectivity index (χ4n) is 5.11. The van der Waals surface area contributed by atoms with Crippen LogP contribution in [0.1, 0.15) is 53.2 Å². The molecule has 3 N–H and O–H groups in total. The first-order valence-electron chi connectivity index (χ1n) is 13.5. The number of hydrogen-bond donors (Lipinski definition) is 3. The van der Waals surface area contributed by atoms with Crippen molar-refractivity contribution >= 4 is 22.8 Å². The molecule has 13 nitrogen and oxygen atoms in total. The number of carbonyl (C=O) groups excluding carboxylic acids is 1. The molecular formula is C28H31N11O2. The minimum absolute atomic E-state index is 0.0717. The number of H-pyrrole nitrogens is 1. The molecule has 3 aromatic heterocycles. The summed E-state index contributed by atoms with van der Waals surface area (Å²) in [6, 6.07) is 12.9. The average Bonchev–Trinajstić information content (AvgIpc) is 3.74. The largest absolute Gasteiger partial charge is 0.489 e. The quantitative estimate of drug-likeness (QED) is 0.150. The summed E-state index contributed by atoms with van der Waals surface area (Å²) in [5.41, 5.74) is 5.01. The number of carbonyl (C=O) groups is 1. The number of rotatable bonds is 8. The molecule has 1 aliphatic rings. The van der Waals surface area contributed by atoms with Gasteiger partial charge in [-0.15, -0.1) is 15.0 Å². The summed E-state index contributed by atoms with van der Waals surface area (Å²) in [6.07, 6.45) is 2.19. The summed E-state index contributed by atoms with van der Waals surface area (Å²) in [7, 11) is 1.96. The molecule has 1 amide bonds. The Morgan fingerprint density at radius 3 is 2.88 bits per heavy atom. The van der Waals surface area contributed by atoms with Crippen LogP contribution in [0, 0.1) is 5.41 Å². The number of aromatic nitrogens is 8. The van der Waals surface area contributed by atoms with Gasteiger partial charge in [0.05, 0.1) is 41.6 Å². The van der Waals surface area contributed by atoms with Crippen LogP contribution in [0.25, 0.3) is 16.7 Å². The van der Waals surface area contributed by atoms with E-state index in [1.807, 2.05) is 59.8 Å². The van der Waals surface area contributed by atoms with Gasteiger partial charge in [-0.3, -0.25) is 10.2 Å². The Balaban J connectivity index is 1.12. The Kier molecular flexibility index (Phi) is 6.91. The first kappa shape index (κ1) is 26.2. The van der Waals surface area contributed by atoms with Crippen molar-refractivity contribution in [2.75, 3.05) is 19.7 Å². The van der Waals surface area contributed by atoms with E-state index in [4.69, 9.17) is 20.1 Å². The van der Waals surface area contributed by atoms with Gasteiger partial charge in [-0.05, 0) is 49.4 Å². The minimum atomic E-state index is -0.192. The Labute approximate surface area is 236 Å². The number of amidine groups is 1. The van der Waals surface area contributed by atoms with E-state index in [9.17, 15) is 4.79 Å². The Morgan fingerprint density at radius 1 is 1.22 bits per heavy atom. The van der Waals surface area contributed by atoms with Crippen molar-refractivity contribution in [3.05, 3.63) is 77.4 Å². The van der Waals surface area contributed by atoms with Crippen LogP contribution in [0.15, 0.2) is 48.8 Å². The lowest BCUT2D eigenvalue weighted by Gasteiger charge is -2.26. The lowest BCUT2D eigenvalue weighted by Crippen LogP contribution is -2.33. The molecule has 5 aromatic rings. The molecule has 13 heteroatoms. The SMILES string of the molecule is CC(=N)N1CCc2[nH]c(C(C)c3nc4ccc(C(=O)NCCOc5ccccc5-n5ncnn5)cc4n3C)nc2C1. The first-order chi connectivity index (χ1) is 19.9. The number of nitrogens with zero attached hydrogens (tertiary/aromatic N) is 8. The molecule has 2 aromatic carbocycles. The lowest BCUT2D eigenvalue weighted by atomic mass is 10.1. The normalized spacial score (nSPS) is 13.7. The van der Waals surface area contributed by atoms with Crippen molar-refractivity contribution < 1.29 is 9.53 Å². The third-order valence-corrected chi connectivity index (χ3v) is 7.38. The van der Waals surface area contributed by atoms with Crippen LogP contribution in [0.2, 0.25) is 0 Å². The van der Waals surface area contributed by atoms with E-state index in [-0.39, 0.29) is 18.4 Å². The van der Waals surface area contributed by atoms with Gasteiger partial charge in [-0.2, -0.15) is 0 Å². The van der Waals surface area contributed by atoms with Crippen LogP contribution in [0.3, 0.4) is 0 Å². The number of benzene rings is 2. The maximum Gasteiger partial charge on any atom is 0.251 e. The molecule has 6 rings (SSSR count). The summed E-state index contributed by atoms with van der Waals surface area (Å²) in [5, 5.41) is 22.6. The predicted molar refractivity (Wildman–Crippen MR) is 151 cm³/mol. The van der Waals surface area contributed by atoms with E-state index in [2.05, 4.69) is 32.6 Å². The Bertz CT molecular complexity index is 1720. The molecule has 0 aliphatic carbocycles. The first-order valence-corrected chi connectivity index (χ1v) is 13.5. The topological polar surface area (TPSA) is 156 Å². The highest BCUT2D eigenvalue weighted by Crippen LogP contribution is 2.28. The zero-order valence-electron chi connectivity index (χ0n) is 23.1. The highest BCUT2D eigenvalue weighted by Gasteiger charge is 2.25. The van der Waals surface area contributed by atoms with Crippen LogP contribution >= 0.6 is 0 Å². The van der Waals surface area contributed by atoms with Gasteiger partial charge < -0.3 is 24.5 Å². The van der Waals surface area contributed by atoms with Gasteiger partial charge in [0.25, 0.3) is 5.91 Å². The third-order valence-electron chi connectivity index (χ3n) is 7.38. The van der Waals surface area contributed by atoms with Crippen molar-refractivity contribution in [1.29, 1.82) is 5.41 Å². The van der Waals surface area contributed by atoms with E-state index >= 15 is 0 Å². The fourth-order valence-corrected chi connectivity index (χ4v) is 5.11. The maximum absolute atomic E-state index is 13.0. The zero-order chi connectivity index (χ0) is 28.5. The van der Waals surface area contributed by atoms with Gasteiger partial charge in [0.15, 0.2) is 6.33 Å². The number of fused-ring (bicyclic) bond motifs is 2.